The first-order valence-corrected chi connectivity index (χ1v) is 7.92. The highest BCUT2D eigenvalue weighted by molar-refractivity contribution is 5.83. The minimum Gasteiger partial charge on any atom is -0.493 e. The Balaban J connectivity index is 1.80. The Bertz CT molecular complexity index is 619. The summed E-state index contributed by atoms with van der Waals surface area (Å²) in [4.78, 5) is 0. The van der Waals surface area contributed by atoms with Crippen molar-refractivity contribution in [1.29, 1.82) is 0 Å². The molecule has 21 heavy (non-hydrogen) atoms. The zero-order valence-corrected chi connectivity index (χ0v) is 13.3. The summed E-state index contributed by atoms with van der Waals surface area (Å²) in [6, 6.07) is 8.94. The molecule has 1 aliphatic carbocycles. The number of benzene rings is 1. The molecule has 4 atom stereocenters. The van der Waals surface area contributed by atoms with Gasteiger partial charge in [-0.3, -0.25) is 0 Å². The molecule has 114 valence electrons. The predicted octanol–water partition coefficient (Wildman–Crippen LogP) is 4.53. The van der Waals surface area contributed by atoms with E-state index in [9.17, 15) is 0 Å². The molecule has 0 spiro atoms. The van der Waals surface area contributed by atoms with Gasteiger partial charge < -0.3 is 14.5 Å². The van der Waals surface area contributed by atoms with Crippen LogP contribution in [0.4, 0.5) is 0 Å². The molecule has 1 aliphatic rings. The van der Waals surface area contributed by atoms with Crippen LogP contribution in [-0.4, -0.2) is 13.2 Å². The minimum atomic E-state index is 0.222. The number of para-hydroxylation sites is 1. The molecule has 3 nitrogen and oxygen atoms in total. The first kappa shape index (κ1) is 14.5. The van der Waals surface area contributed by atoms with Gasteiger partial charge in [0.1, 0.15) is 5.76 Å². The Labute approximate surface area is 126 Å². The lowest BCUT2D eigenvalue weighted by Gasteiger charge is -2.23. The van der Waals surface area contributed by atoms with Crippen molar-refractivity contribution in [3.8, 4) is 5.75 Å². The maximum atomic E-state index is 6.04. The molecule has 2 aromatic rings. The molecule has 0 aliphatic heterocycles. The monoisotopic (exact) mass is 287 g/mol. The second-order valence-electron chi connectivity index (χ2n) is 6.44. The van der Waals surface area contributed by atoms with E-state index >= 15 is 0 Å². The van der Waals surface area contributed by atoms with Crippen LogP contribution in [0.25, 0.3) is 11.0 Å². The lowest BCUT2D eigenvalue weighted by molar-refractivity contribution is 0.327. The second kappa shape index (κ2) is 5.72. The smallest absolute Gasteiger partial charge is 0.176 e. The number of rotatable bonds is 4. The van der Waals surface area contributed by atoms with Crippen LogP contribution < -0.4 is 10.1 Å². The zero-order valence-electron chi connectivity index (χ0n) is 13.3. The van der Waals surface area contributed by atoms with Crippen molar-refractivity contribution in [1.82, 2.24) is 5.32 Å². The van der Waals surface area contributed by atoms with E-state index in [1.165, 1.54) is 12.8 Å². The van der Waals surface area contributed by atoms with Gasteiger partial charge in [0, 0.05) is 11.4 Å². The Kier molecular flexibility index (Phi) is 3.94. The number of hydrogen-bond donors (Lipinski definition) is 1. The maximum Gasteiger partial charge on any atom is 0.176 e. The molecular formula is C18H25NO2. The van der Waals surface area contributed by atoms with E-state index in [4.69, 9.17) is 9.15 Å². The first-order valence-electron chi connectivity index (χ1n) is 7.92. The molecular weight excluding hydrogens is 262 g/mol. The van der Waals surface area contributed by atoms with Crippen LogP contribution in [-0.2, 0) is 0 Å². The quantitative estimate of drug-likeness (QED) is 0.897. The van der Waals surface area contributed by atoms with Gasteiger partial charge in [-0.15, -0.1) is 0 Å². The highest BCUT2D eigenvalue weighted by atomic mass is 16.5. The van der Waals surface area contributed by atoms with E-state index in [0.717, 1.165) is 34.3 Å². The molecule has 1 saturated carbocycles. The van der Waals surface area contributed by atoms with Gasteiger partial charge in [-0.05, 0) is 43.7 Å². The molecule has 1 aromatic heterocycles. The molecule has 0 radical (unpaired) electrons. The molecule has 3 rings (SSSR count). The summed E-state index contributed by atoms with van der Waals surface area (Å²) in [5, 5.41) is 4.84. The summed E-state index contributed by atoms with van der Waals surface area (Å²) in [5.41, 5.74) is 0.844. The first-order chi connectivity index (χ1) is 10.1. The van der Waals surface area contributed by atoms with E-state index in [0.29, 0.717) is 6.04 Å². The van der Waals surface area contributed by atoms with Gasteiger partial charge >= 0.3 is 0 Å². The van der Waals surface area contributed by atoms with Crippen molar-refractivity contribution in [2.45, 2.75) is 45.7 Å². The number of hydrogen-bond acceptors (Lipinski definition) is 3. The summed E-state index contributed by atoms with van der Waals surface area (Å²) < 4.78 is 11.4. The molecule has 1 N–H and O–H groups in total. The van der Waals surface area contributed by atoms with Crippen molar-refractivity contribution in [3.05, 3.63) is 30.0 Å². The Hall–Kier alpha value is -1.48. The van der Waals surface area contributed by atoms with Gasteiger partial charge in [0.2, 0.25) is 0 Å². The van der Waals surface area contributed by atoms with E-state index in [-0.39, 0.29) is 6.04 Å². The third kappa shape index (κ3) is 2.67. The van der Waals surface area contributed by atoms with E-state index in [2.05, 4.69) is 38.2 Å². The second-order valence-corrected chi connectivity index (χ2v) is 6.44. The number of fused-ring (bicyclic) bond motifs is 1. The van der Waals surface area contributed by atoms with Gasteiger partial charge in [0.25, 0.3) is 0 Å². The predicted molar refractivity (Wildman–Crippen MR) is 85.7 cm³/mol. The van der Waals surface area contributed by atoms with Crippen LogP contribution in [0.2, 0.25) is 0 Å². The Morgan fingerprint density at radius 2 is 2.10 bits per heavy atom. The van der Waals surface area contributed by atoms with Crippen LogP contribution in [0, 0.1) is 11.8 Å². The minimum absolute atomic E-state index is 0.222. The normalized spacial score (nSPS) is 27.1. The van der Waals surface area contributed by atoms with Crippen LogP contribution >= 0.6 is 0 Å². The van der Waals surface area contributed by atoms with E-state index in [1.807, 2.05) is 12.1 Å². The van der Waals surface area contributed by atoms with Gasteiger partial charge in [-0.25, -0.2) is 0 Å². The summed E-state index contributed by atoms with van der Waals surface area (Å²) in [7, 11) is 1.68. The number of ether oxygens (including phenoxy) is 1. The van der Waals surface area contributed by atoms with Crippen LogP contribution in [0.5, 0.6) is 5.75 Å². The topological polar surface area (TPSA) is 34.4 Å². The van der Waals surface area contributed by atoms with Crippen LogP contribution in [0.1, 0.15) is 45.4 Å². The van der Waals surface area contributed by atoms with Crippen molar-refractivity contribution >= 4 is 11.0 Å². The molecule has 0 saturated heterocycles. The van der Waals surface area contributed by atoms with Gasteiger partial charge in [-0.1, -0.05) is 26.0 Å². The fourth-order valence-electron chi connectivity index (χ4n) is 3.43. The fourth-order valence-corrected chi connectivity index (χ4v) is 3.43. The third-order valence-corrected chi connectivity index (χ3v) is 5.10. The van der Waals surface area contributed by atoms with Crippen molar-refractivity contribution in [3.63, 3.8) is 0 Å². The third-order valence-electron chi connectivity index (χ3n) is 5.10. The van der Waals surface area contributed by atoms with Gasteiger partial charge in [-0.2, -0.15) is 0 Å². The molecule has 0 amide bonds. The fraction of sp³-hybridized carbons (Fsp3) is 0.556. The largest absolute Gasteiger partial charge is 0.493 e. The highest BCUT2D eigenvalue weighted by Gasteiger charge is 2.31. The van der Waals surface area contributed by atoms with E-state index < -0.39 is 0 Å². The molecule has 0 bridgehead atoms. The van der Waals surface area contributed by atoms with Crippen molar-refractivity contribution in [2.24, 2.45) is 11.8 Å². The average Bonchev–Trinajstić information content (AvgIpc) is 3.05. The summed E-state index contributed by atoms with van der Waals surface area (Å²) >= 11 is 0. The lowest BCUT2D eigenvalue weighted by Crippen LogP contribution is -2.34. The molecule has 3 heteroatoms. The Morgan fingerprint density at radius 1 is 1.29 bits per heavy atom. The molecule has 1 heterocycles. The standard InChI is InChI=1S/C18H25NO2/c1-11-8-9-15(12(11)2)19-13(3)17-10-14-6-5-7-16(20-4)18(14)21-17/h5-7,10-13,15,19H,8-9H2,1-4H3. The van der Waals surface area contributed by atoms with Gasteiger partial charge in [0.05, 0.1) is 13.2 Å². The van der Waals surface area contributed by atoms with Crippen LogP contribution in [0.15, 0.2) is 28.7 Å². The summed E-state index contributed by atoms with van der Waals surface area (Å²) in [6.45, 7) is 6.88. The lowest BCUT2D eigenvalue weighted by atomic mass is 9.97. The Morgan fingerprint density at radius 3 is 2.76 bits per heavy atom. The van der Waals surface area contributed by atoms with Crippen molar-refractivity contribution < 1.29 is 9.15 Å². The summed E-state index contributed by atoms with van der Waals surface area (Å²) in [6.07, 6.45) is 2.58. The van der Waals surface area contributed by atoms with Gasteiger partial charge in [0.15, 0.2) is 11.3 Å². The number of furan rings is 1. The summed E-state index contributed by atoms with van der Waals surface area (Å²) in [5.74, 6) is 3.33. The molecule has 4 unspecified atom stereocenters. The number of methoxy groups -OCH3 is 1. The van der Waals surface area contributed by atoms with Crippen LogP contribution in [0.3, 0.4) is 0 Å². The van der Waals surface area contributed by atoms with Crippen molar-refractivity contribution in [2.75, 3.05) is 7.11 Å². The highest BCUT2D eigenvalue weighted by Crippen LogP contribution is 2.34. The number of nitrogens with one attached hydrogen (secondary N) is 1. The zero-order chi connectivity index (χ0) is 15.0. The molecule has 1 aromatic carbocycles. The SMILES string of the molecule is COc1cccc2cc(C(C)NC3CCC(C)C3C)oc12. The molecule has 1 fully saturated rings. The maximum absolute atomic E-state index is 6.04. The van der Waals surface area contributed by atoms with E-state index in [1.54, 1.807) is 7.11 Å². The average molecular weight is 287 g/mol.